The highest BCUT2D eigenvalue weighted by atomic mass is 16.5. The lowest BCUT2D eigenvalue weighted by Crippen LogP contribution is -2.13. The van der Waals surface area contributed by atoms with E-state index in [1.165, 1.54) is 21.1 Å². The molecule has 0 radical (unpaired) electrons. The Morgan fingerprint density at radius 3 is 2.43 bits per heavy atom. The summed E-state index contributed by atoms with van der Waals surface area (Å²) in [5, 5.41) is 3.05. The van der Waals surface area contributed by atoms with Gasteiger partial charge in [0.1, 0.15) is 11.5 Å². The molecule has 0 heterocycles. The third kappa shape index (κ3) is 4.66. The Morgan fingerprint density at radius 2 is 1.90 bits per heavy atom. The van der Waals surface area contributed by atoms with Crippen molar-refractivity contribution in [1.29, 1.82) is 0 Å². The number of ketones is 1. The van der Waals surface area contributed by atoms with E-state index in [-0.39, 0.29) is 18.2 Å². The van der Waals surface area contributed by atoms with Gasteiger partial charge in [0.05, 0.1) is 32.9 Å². The fraction of sp³-hybridized carbons (Fsp3) is 0.467. The van der Waals surface area contributed by atoms with Crippen molar-refractivity contribution < 1.29 is 23.8 Å². The van der Waals surface area contributed by atoms with Crippen molar-refractivity contribution in [2.75, 3.05) is 32.7 Å². The molecule has 6 heteroatoms. The maximum absolute atomic E-state index is 11.8. The number of nitrogens with one attached hydrogen (secondary N) is 1. The van der Waals surface area contributed by atoms with Gasteiger partial charge in [-0.25, -0.2) is 0 Å². The van der Waals surface area contributed by atoms with E-state index in [9.17, 15) is 9.59 Å². The van der Waals surface area contributed by atoms with Crippen molar-refractivity contribution in [2.24, 2.45) is 0 Å². The molecule has 0 saturated carbocycles. The summed E-state index contributed by atoms with van der Waals surface area (Å²) in [5.41, 5.74) is 1.00. The van der Waals surface area contributed by atoms with Gasteiger partial charge in [0.25, 0.3) is 0 Å². The van der Waals surface area contributed by atoms with Crippen molar-refractivity contribution in [3.8, 4) is 11.5 Å². The number of anilines is 1. The monoisotopic (exact) mass is 295 g/mol. The first-order chi connectivity index (χ1) is 10.0. The van der Waals surface area contributed by atoms with E-state index < -0.39 is 0 Å². The van der Waals surface area contributed by atoms with E-state index in [0.29, 0.717) is 35.9 Å². The predicted octanol–water partition coefficient (Wildman–Crippen LogP) is 2.27. The summed E-state index contributed by atoms with van der Waals surface area (Å²) in [5.74, 6) is 0.615. The zero-order valence-corrected chi connectivity index (χ0v) is 12.8. The van der Waals surface area contributed by atoms with Crippen LogP contribution in [-0.2, 0) is 9.53 Å². The van der Waals surface area contributed by atoms with Crippen LogP contribution in [0, 0.1) is 0 Å². The lowest BCUT2D eigenvalue weighted by molar-refractivity contribution is -0.142. The van der Waals surface area contributed by atoms with Crippen LogP contribution in [0.1, 0.15) is 30.6 Å². The first-order valence-corrected chi connectivity index (χ1v) is 6.69. The van der Waals surface area contributed by atoms with Gasteiger partial charge in [-0.15, -0.1) is 0 Å². The zero-order valence-electron chi connectivity index (χ0n) is 12.8. The lowest BCUT2D eigenvalue weighted by Gasteiger charge is -2.16. The van der Waals surface area contributed by atoms with Gasteiger partial charge in [0, 0.05) is 18.2 Å². The summed E-state index contributed by atoms with van der Waals surface area (Å²) < 4.78 is 15.3. The van der Waals surface area contributed by atoms with E-state index in [4.69, 9.17) is 14.2 Å². The molecule has 0 saturated heterocycles. The highest BCUT2D eigenvalue weighted by Crippen LogP contribution is 2.33. The number of Topliss-reactive ketones (excluding diaryl/α,β-unsaturated/α-hetero) is 1. The van der Waals surface area contributed by atoms with Crippen molar-refractivity contribution in [1.82, 2.24) is 0 Å². The fourth-order valence-electron chi connectivity index (χ4n) is 1.85. The Hall–Kier alpha value is -2.24. The second-order valence-corrected chi connectivity index (χ2v) is 4.29. The fourth-order valence-corrected chi connectivity index (χ4v) is 1.85. The molecule has 1 aromatic carbocycles. The molecule has 0 aliphatic carbocycles. The van der Waals surface area contributed by atoms with Gasteiger partial charge >= 0.3 is 5.97 Å². The number of carbonyl (C=O) groups is 2. The summed E-state index contributed by atoms with van der Waals surface area (Å²) in [6, 6.07) is 3.32. The summed E-state index contributed by atoms with van der Waals surface area (Å²) in [7, 11) is 3.03. The Balaban J connectivity index is 2.93. The van der Waals surface area contributed by atoms with Gasteiger partial charge in [0.15, 0.2) is 5.78 Å². The first-order valence-electron chi connectivity index (χ1n) is 6.69. The largest absolute Gasteiger partial charge is 0.497 e. The molecule has 0 aromatic heterocycles. The van der Waals surface area contributed by atoms with Crippen molar-refractivity contribution in [3.05, 3.63) is 17.7 Å². The highest BCUT2D eigenvalue weighted by molar-refractivity contribution is 6.01. The molecule has 6 nitrogen and oxygen atoms in total. The van der Waals surface area contributed by atoms with Gasteiger partial charge in [-0.2, -0.15) is 0 Å². The van der Waals surface area contributed by atoms with Gasteiger partial charge in [-0.05, 0) is 19.9 Å². The molecule has 0 aliphatic heterocycles. The smallest absolute Gasteiger partial charge is 0.307 e. The quantitative estimate of drug-likeness (QED) is 0.586. The van der Waals surface area contributed by atoms with Crippen LogP contribution < -0.4 is 14.8 Å². The van der Waals surface area contributed by atoms with E-state index in [2.05, 4.69) is 5.32 Å². The van der Waals surface area contributed by atoms with Crippen LogP contribution >= 0.6 is 0 Å². The molecule has 0 aliphatic rings. The van der Waals surface area contributed by atoms with Crippen molar-refractivity contribution in [2.45, 2.75) is 20.3 Å². The van der Waals surface area contributed by atoms with Crippen molar-refractivity contribution >= 4 is 17.4 Å². The molecular formula is C15H21NO5. The topological polar surface area (TPSA) is 73.9 Å². The van der Waals surface area contributed by atoms with Crippen LogP contribution in [0.5, 0.6) is 11.5 Å². The number of esters is 1. The summed E-state index contributed by atoms with van der Waals surface area (Å²) in [4.78, 5) is 23.1. The second-order valence-electron chi connectivity index (χ2n) is 4.29. The minimum absolute atomic E-state index is 0.120. The molecule has 21 heavy (non-hydrogen) atoms. The van der Waals surface area contributed by atoms with E-state index >= 15 is 0 Å². The number of carbonyl (C=O) groups excluding carboxylic acids is 2. The molecule has 0 bridgehead atoms. The highest BCUT2D eigenvalue weighted by Gasteiger charge is 2.15. The average Bonchev–Trinajstić information content (AvgIpc) is 2.47. The molecule has 1 N–H and O–H groups in total. The van der Waals surface area contributed by atoms with Crippen LogP contribution in [0.4, 0.5) is 5.69 Å². The van der Waals surface area contributed by atoms with E-state index in [1.807, 2.05) is 0 Å². The average molecular weight is 295 g/mol. The number of benzene rings is 1. The molecule has 0 fully saturated rings. The Labute approximate surface area is 124 Å². The van der Waals surface area contributed by atoms with E-state index in [0.717, 1.165) is 0 Å². The Morgan fingerprint density at radius 1 is 1.19 bits per heavy atom. The summed E-state index contributed by atoms with van der Waals surface area (Å²) in [6.07, 6.45) is 0.209. The third-order valence-electron chi connectivity index (χ3n) is 2.85. The molecule has 0 atom stereocenters. The number of rotatable bonds is 8. The molecule has 0 unspecified atom stereocenters. The van der Waals surface area contributed by atoms with Crippen molar-refractivity contribution in [3.63, 3.8) is 0 Å². The second kappa shape index (κ2) is 8.14. The van der Waals surface area contributed by atoms with Crippen LogP contribution in [-0.4, -0.2) is 39.1 Å². The van der Waals surface area contributed by atoms with Gasteiger partial charge < -0.3 is 19.5 Å². The predicted molar refractivity (Wildman–Crippen MR) is 79.3 cm³/mol. The lowest BCUT2D eigenvalue weighted by atomic mass is 10.1. The number of hydrogen-bond donors (Lipinski definition) is 1. The number of ether oxygens (including phenoxy) is 3. The van der Waals surface area contributed by atoms with Crippen LogP contribution in [0.15, 0.2) is 12.1 Å². The molecule has 0 spiro atoms. The van der Waals surface area contributed by atoms with Crippen LogP contribution in [0.25, 0.3) is 0 Å². The molecule has 1 rings (SSSR count). The standard InChI is InChI=1S/C15H21NO5/c1-5-21-14(18)6-7-16-15-12(10(2)17)8-11(19-3)9-13(15)20-4/h8-9,16H,5-7H2,1-4H3. The molecule has 1 aromatic rings. The van der Waals surface area contributed by atoms with Crippen LogP contribution in [0.2, 0.25) is 0 Å². The number of methoxy groups -OCH3 is 2. The number of hydrogen-bond acceptors (Lipinski definition) is 6. The third-order valence-corrected chi connectivity index (χ3v) is 2.85. The SMILES string of the molecule is CCOC(=O)CCNc1c(OC)cc(OC)cc1C(C)=O. The maximum Gasteiger partial charge on any atom is 0.307 e. The van der Waals surface area contributed by atoms with Gasteiger partial charge in [-0.1, -0.05) is 0 Å². The van der Waals surface area contributed by atoms with Crippen LogP contribution in [0.3, 0.4) is 0 Å². The Bertz CT molecular complexity index is 513. The first kappa shape index (κ1) is 16.8. The molecule has 0 amide bonds. The molecule has 116 valence electrons. The minimum Gasteiger partial charge on any atom is -0.497 e. The summed E-state index contributed by atoms with van der Waals surface area (Å²) >= 11 is 0. The van der Waals surface area contributed by atoms with Gasteiger partial charge in [0.2, 0.25) is 0 Å². The Kier molecular flexibility index (Phi) is 6.52. The van der Waals surface area contributed by atoms with E-state index in [1.54, 1.807) is 19.1 Å². The molecular weight excluding hydrogens is 274 g/mol. The normalized spacial score (nSPS) is 9.90. The maximum atomic E-state index is 11.8. The van der Waals surface area contributed by atoms with Gasteiger partial charge in [-0.3, -0.25) is 9.59 Å². The zero-order chi connectivity index (χ0) is 15.8. The summed E-state index contributed by atoms with van der Waals surface area (Å²) in [6.45, 7) is 3.92. The minimum atomic E-state index is -0.290.